The van der Waals surface area contributed by atoms with Gasteiger partial charge in [0.1, 0.15) is 12.3 Å². The molecule has 21 heavy (non-hydrogen) atoms. The summed E-state index contributed by atoms with van der Waals surface area (Å²) < 4.78 is 5.29. The minimum Gasteiger partial charge on any atom is -0.394 e. The van der Waals surface area contributed by atoms with Gasteiger partial charge >= 0.3 is 6.03 Å². The second kappa shape index (κ2) is 4.46. The minimum atomic E-state index is -2.38. The number of urea groups is 1. The largest absolute Gasteiger partial charge is 0.394 e. The van der Waals surface area contributed by atoms with Crippen LogP contribution < -0.4 is 11.1 Å². The van der Waals surface area contributed by atoms with Crippen LogP contribution in [-0.2, 0) is 9.53 Å². The van der Waals surface area contributed by atoms with E-state index < -0.39 is 48.5 Å². The van der Waals surface area contributed by atoms with Crippen molar-refractivity contribution >= 4 is 23.6 Å². The van der Waals surface area contributed by atoms with Crippen LogP contribution in [0.3, 0.4) is 0 Å². The van der Waals surface area contributed by atoms with E-state index in [1.54, 1.807) is 0 Å². The summed E-state index contributed by atoms with van der Waals surface area (Å²) >= 11 is 0. The van der Waals surface area contributed by atoms with Gasteiger partial charge in [0.15, 0.2) is 11.7 Å². The highest BCUT2D eigenvalue weighted by molar-refractivity contribution is 6.48. The van der Waals surface area contributed by atoms with Crippen molar-refractivity contribution in [3.63, 3.8) is 0 Å². The number of hydrogen-bond acceptors (Lipinski definition) is 8. The maximum absolute atomic E-state index is 12.0. The average molecular weight is 299 g/mol. The molecular formula is C10H13N5O6. The number of nitrogens with zero attached hydrogens (tertiary/aromatic N) is 3. The third-order valence-corrected chi connectivity index (χ3v) is 3.47. The summed E-state index contributed by atoms with van der Waals surface area (Å²) in [5, 5.41) is 31.4. The zero-order valence-electron chi connectivity index (χ0n) is 10.6. The smallest absolute Gasteiger partial charge is 0.350 e. The Morgan fingerprint density at radius 3 is 2.86 bits per heavy atom. The average Bonchev–Trinajstić information content (AvgIpc) is 2.86. The number of nitrogens with one attached hydrogen (secondary N) is 1. The van der Waals surface area contributed by atoms with E-state index >= 15 is 0 Å². The molecule has 3 aliphatic heterocycles. The summed E-state index contributed by atoms with van der Waals surface area (Å²) in [7, 11) is 0. The van der Waals surface area contributed by atoms with Gasteiger partial charge in [0.2, 0.25) is 0 Å². The van der Waals surface area contributed by atoms with Crippen molar-refractivity contribution in [3.05, 3.63) is 0 Å². The first-order valence-corrected chi connectivity index (χ1v) is 6.12. The summed E-state index contributed by atoms with van der Waals surface area (Å²) in [6.07, 6.45) is -3.11. The lowest BCUT2D eigenvalue weighted by molar-refractivity contribution is -0.130. The van der Waals surface area contributed by atoms with Crippen LogP contribution in [0, 0.1) is 0 Å². The number of fused-ring (bicyclic) bond motifs is 1. The van der Waals surface area contributed by atoms with E-state index in [0.29, 0.717) is 4.90 Å². The maximum atomic E-state index is 12.0. The molecule has 11 heteroatoms. The van der Waals surface area contributed by atoms with Gasteiger partial charge < -0.3 is 25.8 Å². The van der Waals surface area contributed by atoms with E-state index in [1.165, 1.54) is 0 Å². The molecule has 0 bridgehead atoms. The van der Waals surface area contributed by atoms with Crippen LogP contribution in [0.5, 0.6) is 0 Å². The first-order valence-electron chi connectivity index (χ1n) is 6.12. The molecule has 3 amide bonds. The molecule has 0 saturated carbocycles. The molecule has 3 heterocycles. The number of carbonyl (C=O) groups is 2. The number of nitrogens with two attached hydrogens (primary N) is 1. The summed E-state index contributed by atoms with van der Waals surface area (Å²) in [4.78, 5) is 31.5. The van der Waals surface area contributed by atoms with Crippen LogP contribution in [0.1, 0.15) is 6.42 Å². The van der Waals surface area contributed by atoms with Gasteiger partial charge in [0, 0.05) is 6.42 Å². The van der Waals surface area contributed by atoms with Crippen molar-refractivity contribution in [3.8, 4) is 0 Å². The predicted octanol–water partition coefficient (Wildman–Crippen LogP) is -3.58. The summed E-state index contributed by atoms with van der Waals surface area (Å²) in [6.45, 7) is -0.461. The Morgan fingerprint density at radius 1 is 1.52 bits per heavy atom. The van der Waals surface area contributed by atoms with Gasteiger partial charge in [0.25, 0.3) is 11.8 Å². The number of rotatable bonds is 2. The number of amides is 3. The van der Waals surface area contributed by atoms with Crippen molar-refractivity contribution in [2.24, 2.45) is 15.7 Å². The van der Waals surface area contributed by atoms with Gasteiger partial charge in [-0.3, -0.25) is 10.1 Å². The molecule has 114 valence electrons. The van der Waals surface area contributed by atoms with E-state index in [9.17, 15) is 19.8 Å². The van der Waals surface area contributed by atoms with Crippen LogP contribution in [-0.4, -0.2) is 74.7 Å². The van der Waals surface area contributed by atoms with Gasteiger partial charge in [-0.25, -0.2) is 9.69 Å². The fraction of sp³-hybridized carbons (Fsp3) is 0.600. The zero-order valence-corrected chi connectivity index (χ0v) is 10.6. The first kappa shape index (κ1) is 13.9. The van der Waals surface area contributed by atoms with Crippen molar-refractivity contribution in [2.45, 2.75) is 30.7 Å². The van der Waals surface area contributed by atoms with Crippen LogP contribution in [0.2, 0.25) is 0 Å². The second-order valence-electron chi connectivity index (χ2n) is 4.81. The standard InChI is InChI=1S/C10H13N5O6/c11-8-13-7(18)6-10(20,14-8)15(9(19)12-6)5-1-3(17)4(2-16)21-5/h3-5,16-17,20H,1-2H2,(H3,11,13,14,18)/t3-,4+,5+,10+/m0/s1. The zero-order chi connectivity index (χ0) is 15.4. The molecule has 1 fully saturated rings. The third-order valence-electron chi connectivity index (χ3n) is 3.47. The van der Waals surface area contributed by atoms with Crippen molar-refractivity contribution in [1.29, 1.82) is 0 Å². The van der Waals surface area contributed by atoms with Crippen molar-refractivity contribution < 1.29 is 29.6 Å². The van der Waals surface area contributed by atoms with Gasteiger partial charge in [-0.15, -0.1) is 0 Å². The van der Waals surface area contributed by atoms with Crippen molar-refractivity contribution in [1.82, 2.24) is 10.2 Å². The van der Waals surface area contributed by atoms with Gasteiger partial charge in [0.05, 0.1) is 12.7 Å². The Balaban J connectivity index is 1.96. The highest BCUT2D eigenvalue weighted by Crippen LogP contribution is 2.34. The molecular weight excluding hydrogens is 286 g/mol. The Morgan fingerprint density at radius 2 is 2.24 bits per heavy atom. The molecule has 6 N–H and O–H groups in total. The SMILES string of the molecule is NC1=N[C@]2(O)C(=NC(=O)N2[C@H]2C[C@H](O)[C@@H](CO)O2)C(=O)N1. The van der Waals surface area contributed by atoms with Crippen molar-refractivity contribution in [2.75, 3.05) is 6.61 Å². The molecule has 0 unspecified atom stereocenters. The molecule has 4 atom stereocenters. The lowest BCUT2D eigenvalue weighted by Crippen LogP contribution is -2.63. The van der Waals surface area contributed by atoms with Gasteiger partial charge in [-0.2, -0.15) is 9.98 Å². The molecule has 3 aliphatic rings. The van der Waals surface area contributed by atoms with E-state index in [0.717, 1.165) is 0 Å². The monoisotopic (exact) mass is 299 g/mol. The van der Waals surface area contributed by atoms with Crippen LogP contribution in [0.25, 0.3) is 0 Å². The number of aliphatic imine (C=N–C) groups is 2. The summed E-state index contributed by atoms with van der Waals surface area (Å²) in [5.41, 5.74) is 4.87. The highest BCUT2D eigenvalue weighted by atomic mass is 16.6. The summed E-state index contributed by atoms with van der Waals surface area (Å²) in [6, 6.07) is -0.947. The topological polar surface area (TPSA) is 170 Å². The molecule has 0 aromatic carbocycles. The molecule has 0 aliphatic carbocycles. The Bertz CT molecular complexity index is 576. The van der Waals surface area contributed by atoms with E-state index in [1.807, 2.05) is 0 Å². The highest BCUT2D eigenvalue weighted by Gasteiger charge is 2.58. The van der Waals surface area contributed by atoms with E-state index in [2.05, 4.69) is 15.3 Å². The van der Waals surface area contributed by atoms with Gasteiger partial charge in [-0.1, -0.05) is 0 Å². The number of ether oxygens (including phenoxy) is 1. The molecule has 11 nitrogen and oxygen atoms in total. The first-order chi connectivity index (χ1) is 9.86. The number of aliphatic hydroxyl groups excluding tert-OH is 2. The second-order valence-corrected chi connectivity index (χ2v) is 4.81. The third kappa shape index (κ3) is 1.90. The van der Waals surface area contributed by atoms with Crippen LogP contribution >= 0.6 is 0 Å². The quantitative estimate of drug-likeness (QED) is 0.351. The minimum absolute atomic E-state index is 0.0703. The molecule has 0 radical (unpaired) electrons. The molecule has 0 aromatic rings. The number of aliphatic hydroxyl groups is 3. The Kier molecular flexibility index (Phi) is 2.95. The number of hydrogen-bond donors (Lipinski definition) is 5. The fourth-order valence-electron chi connectivity index (χ4n) is 2.51. The Hall–Kier alpha value is -2.08. The van der Waals surface area contributed by atoms with E-state index in [4.69, 9.17) is 15.6 Å². The van der Waals surface area contributed by atoms with Crippen LogP contribution in [0.4, 0.5) is 4.79 Å². The van der Waals surface area contributed by atoms with Gasteiger partial charge in [-0.05, 0) is 0 Å². The van der Waals surface area contributed by atoms with E-state index in [-0.39, 0.29) is 12.4 Å². The van der Waals surface area contributed by atoms with Crippen LogP contribution in [0.15, 0.2) is 9.98 Å². The molecule has 1 saturated heterocycles. The Labute approximate surface area is 117 Å². The fourth-order valence-corrected chi connectivity index (χ4v) is 2.51. The molecule has 3 rings (SSSR count). The number of guanidine groups is 1. The lowest BCUT2D eigenvalue weighted by Gasteiger charge is -2.35. The number of carbonyl (C=O) groups excluding carboxylic acids is 2. The molecule has 0 spiro atoms. The molecule has 0 aromatic heterocycles. The normalized spacial score (nSPS) is 39.0. The predicted molar refractivity (Wildman–Crippen MR) is 65.8 cm³/mol. The summed E-state index contributed by atoms with van der Waals surface area (Å²) in [5.74, 6) is -3.60. The lowest BCUT2D eigenvalue weighted by atomic mass is 10.1. The maximum Gasteiger partial charge on any atom is 0.350 e.